The Kier molecular flexibility index (Phi) is 6.17. The normalized spacial score (nSPS) is 11.0. The maximum atomic E-state index is 12.3. The number of anilines is 1. The lowest BCUT2D eigenvalue weighted by Crippen LogP contribution is -2.30. The van der Waals surface area contributed by atoms with Crippen LogP contribution in [0.2, 0.25) is 0 Å². The highest BCUT2D eigenvalue weighted by molar-refractivity contribution is 5.98. The van der Waals surface area contributed by atoms with Gasteiger partial charge in [-0.05, 0) is 37.3 Å². The van der Waals surface area contributed by atoms with Crippen LogP contribution in [0.15, 0.2) is 42.5 Å². The predicted molar refractivity (Wildman–Crippen MR) is 94.2 cm³/mol. The summed E-state index contributed by atoms with van der Waals surface area (Å²) < 4.78 is 15.4. The molecule has 0 unspecified atom stereocenters. The van der Waals surface area contributed by atoms with E-state index in [2.05, 4.69) is 5.32 Å². The van der Waals surface area contributed by atoms with E-state index in [1.165, 1.54) is 33.3 Å². The van der Waals surface area contributed by atoms with E-state index in [-0.39, 0.29) is 11.3 Å². The van der Waals surface area contributed by atoms with Gasteiger partial charge in [0.1, 0.15) is 17.1 Å². The Morgan fingerprint density at radius 1 is 1.12 bits per heavy atom. The Balaban J connectivity index is 2.06. The second kappa shape index (κ2) is 8.53. The number of carbonyl (C=O) groups is 2. The fraction of sp³-hybridized carbons (Fsp3) is 0.211. The van der Waals surface area contributed by atoms with Gasteiger partial charge in [-0.25, -0.2) is 4.79 Å². The number of rotatable bonds is 6. The number of nitrogens with one attached hydrogen (secondary N) is 1. The van der Waals surface area contributed by atoms with Crippen LogP contribution in [-0.4, -0.2) is 32.2 Å². The number of amides is 1. The van der Waals surface area contributed by atoms with E-state index in [1.807, 2.05) is 6.07 Å². The molecule has 0 aliphatic heterocycles. The molecule has 7 heteroatoms. The third kappa shape index (κ3) is 4.51. The molecule has 0 spiro atoms. The number of hydrogen-bond donors (Lipinski definition) is 1. The highest BCUT2D eigenvalue weighted by Crippen LogP contribution is 2.25. The van der Waals surface area contributed by atoms with Gasteiger partial charge >= 0.3 is 5.97 Å². The molecule has 2 aromatic rings. The molecule has 0 heterocycles. The van der Waals surface area contributed by atoms with Crippen LogP contribution in [0.25, 0.3) is 0 Å². The zero-order chi connectivity index (χ0) is 19.1. The molecule has 0 saturated heterocycles. The van der Waals surface area contributed by atoms with E-state index >= 15 is 0 Å². The number of nitriles is 1. The molecule has 1 amide bonds. The molecule has 0 radical (unpaired) electrons. The van der Waals surface area contributed by atoms with Crippen molar-refractivity contribution in [2.45, 2.75) is 13.0 Å². The fourth-order valence-electron chi connectivity index (χ4n) is 2.16. The Morgan fingerprint density at radius 3 is 2.54 bits per heavy atom. The third-order valence-electron chi connectivity index (χ3n) is 3.54. The van der Waals surface area contributed by atoms with Gasteiger partial charge in [0.25, 0.3) is 5.91 Å². The minimum absolute atomic E-state index is 0.180. The first-order valence-corrected chi connectivity index (χ1v) is 7.72. The third-order valence-corrected chi connectivity index (χ3v) is 3.54. The van der Waals surface area contributed by atoms with E-state index in [9.17, 15) is 9.59 Å². The Morgan fingerprint density at radius 2 is 1.88 bits per heavy atom. The van der Waals surface area contributed by atoms with Crippen molar-refractivity contribution in [3.8, 4) is 17.6 Å². The zero-order valence-corrected chi connectivity index (χ0v) is 14.6. The van der Waals surface area contributed by atoms with Crippen molar-refractivity contribution in [3.63, 3.8) is 0 Å². The molecule has 2 aromatic carbocycles. The van der Waals surface area contributed by atoms with Gasteiger partial charge in [0, 0.05) is 11.8 Å². The number of esters is 1. The van der Waals surface area contributed by atoms with E-state index in [0.717, 1.165) is 0 Å². The first-order chi connectivity index (χ1) is 12.5. The van der Waals surface area contributed by atoms with E-state index in [4.69, 9.17) is 19.5 Å². The second-order valence-corrected chi connectivity index (χ2v) is 5.30. The van der Waals surface area contributed by atoms with Crippen LogP contribution in [0, 0.1) is 11.3 Å². The first kappa shape index (κ1) is 18.8. The summed E-state index contributed by atoms with van der Waals surface area (Å²) in [5.74, 6) is -0.399. The second-order valence-electron chi connectivity index (χ2n) is 5.30. The summed E-state index contributed by atoms with van der Waals surface area (Å²) in [7, 11) is 2.92. The van der Waals surface area contributed by atoms with Crippen molar-refractivity contribution in [1.29, 1.82) is 5.26 Å². The lowest BCUT2D eigenvalue weighted by atomic mass is 10.2. The molecule has 0 aromatic heterocycles. The van der Waals surface area contributed by atoms with Crippen molar-refractivity contribution < 1.29 is 23.8 Å². The summed E-state index contributed by atoms with van der Waals surface area (Å²) in [6.45, 7) is 1.46. The van der Waals surface area contributed by atoms with Gasteiger partial charge in [-0.3, -0.25) is 4.79 Å². The molecule has 0 fully saturated rings. The number of hydrogen-bond acceptors (Lipinski definition) is 6. The summed E-state index contributed by atoms with van der Waals surface area (Å²) in [6.07, 6.45) is -1.04. The van der Waals surface area contributed by atoms with Gasteiger partial charge in [-0.1, -0.05) is 6.07 Å². The monoisotopic (exact) mass is 354 g/mol. The number of ether oxygens (including phenoxy) is 3. The largest absolute Gasteiger partial charge is 0.497 e. The van der Waals surface area contributed by atoms with Gasteiger partial charge in [0.15, 0.2) is 6.10 Å². The lowest BCUT2D eigenvalue weighted by molar-refractivity contribution is -0.123. The Bertz CT molecular complexity index is 857. The number of nitrogens with zero attached hydrogens (tertiary/aromatic N) is 1. The quantitative estimate of drug-likeness (QED) is 0.801. The summed E-state index contributed by atoms with van der Waals surface area (Å²) in [5, 5.41) is 11.5. The van der Waals surface area contributed by atoms with Gasteiger partial charge in [-0.2, -0.15) is 5.26 Å². The minimum Gasteiger partial charge on any atom is -0.497 e. The van der Waals surface area contributed by atoms with E-state index < -0.39 is 18.0 Å². The highest BCUT2D eigenvalue weighted by atomic mass is 16.5. The molecule has 0 saturated carbocycles. The molecular formula is C19H18N2O5. The maximum absolute atomic E-state index is 12.3. The molecule has 2 rings (SSSR count). The maximum Gasteiger partial charge on any atom is 0.342 e. The van der Waals surface area contributed by atoms with Crippen LogP contribution < -0.4 is 14.8 Å². The van der Waals surface area contributed by atoms with Crippen molar-refractivity contribution in [2.75, 3.05) is 19.5 Å². The van der Waals surface area contributed by atoms with Gasteiger partial charge < -0.3 is 19.5 Å². The topological polar surface area (TPSA) is 97.6 Å². The molecular weight excluding hydrogens is 336 g/mol. The standard InChI is InChI=1S/C19H18N2O5/c1-12(18(22)21-14-6-4-5-13(9-14)11-20)26-19(23)16-8-7-15(24-2)10-17(16)25-3/h4-10,12H,1-3H3,(H,21,22)/t12-/m1/s1. The van der Waals surface area contributed by atoms with Crippen LogP contribution in [0.5, 0.6) is 11.5 Å². The van der Waals surface area contributed by atoms with Crippen LogP contribution in [-0.2, 0) is 9.53 Å². The van der Waals surface area contributed by atoms with Crippen molar-refractivity contribution in [3.05, 3.63) is 53.6 Å². The van der Waals surface area contributed by atoms with Crippen molar-refractivity contribution in [1.82, 2.24) is 0 Å². The minimum atomic E-state index is -1.04. The first-order valence-electron chi connectivity index (χ1n) is 7.72. The van der Waals surface area contributed by atoms with Gasteiger partial charge in [0.05, 0.1) is 25.9 Å². The molecule has 134 valence electrons. The summed E-state index contributed by atoms with van der Waals surface area (Å²) >= 11 is 0. The summed E-state index contributed by atoms with van der Waals surface area (Å²) in [4.78, 5) is 24.5. The molecule has 0 aliphatic carbocycles. The van der Waals surface area contributed by atoms with Crippen LogP contribution in [0.4, 0.5) is 5.69 Å². The number of methoxy groups -OCH3 is 2. The van der Waals surface area contributed by atoms with Crippen molar-refractivity contribution in [2.24, 2.45) is 0 Å². The fourth-order valence-corrected chi connectivity index (χ4v) is 2.16. The predicted octanol–water partition coefficient (Wildman–Crippen LogP) is 2.76. The summed E-state index contributed by atoms with van der Waals surface area (Å²) in [5.41, 5.74) is 1.04. The average Bonchev–Trinajstić information content (AvgIpc) is 2.67. The molecule has 0 bridgehead atoms. The van der Waals surface area contributed by atoms with Crippen molar-refractivity contribution >= 4 is 17.6 Å². The average molecular weight is 354 g/mol. The molecule has 1 N–H and O–H groups in total. The van der Waals surface area contributed by atoms with E-state index in [1.54, 1.807) is 30.3 Å². The van der Waals surface area contributed by atoms with Gasteiger partial charge in [0.2, 0.25) is 0 Å². The highest BCUT2D eigenvalue weighted by Gasteiger charge is 2.22. The zero-order valence-electron chi connectivity index (χ0n) is 14.6. The SMILES string of the molecule is COc1ccc(C(=O)O[C@H](C)C(=O)Nc2cccc(C#N)c2)c(OC)c1. The van der Waals surface area contributed by atoms with Gasteiger partial charge in [-0.15, -0.1) is 0 Å². The Labute approximate surface area is 151 Å². The number of carbonyl (C=O) groups excluding carboxylic acids is 2. The van der Waals surface area contributed by atoms with Crippen LogP contribution in [0.3, 0.4) is 0 Å². The van der Waals surface area contributed by atoms with E-state index in [0.29, 0.717) is 17.0 Å². The van der Waals surface area contributed by atoms with Crippen LogP contribution in [0.1, 0.15) is 22.8 Å². The summed E-state index contributed by atoms with van der Waals surface area (Å²) in [6, 6.07) is 13.1. The Hall–Kier alpha value is -3.53. The molecule has 1 atom stereocenters. The molecule has 26 heavy (non-hydrogen) atoms. The lowest BCUT2D eigenvalue weighted by Gasteiger charge is -2.15. The molecule has 0 aliphatic rings. The van der Waals surface area contributed by atoms with Crippen LogP contribution >= 0.6 is 0 Å². The smallest absolute Gasteiger partial charge is 0.342 e. The molecule has 7 nitrogen and oxygen atoms in total. The number of benzene rings is 2.